The minimum Gasteiger partial charge on any atom is -0.383 e. The number of ketones is 1. The highest BCUT2D eigenvalue weighted by Gasteiger charge is 2.30. The first-order chi connectivity index (χ1) is 6.16. The van der Waals surface area contributed by atoms with Gasteiger partial charge in [0.2, 0.25) is 5.78 Å². The predicted molar refractivity (Wildman–Crippen MR) is 47.3 cm³/mol. The van der Waals surface area contributed by atoms with Crippen LogP contribution in [-0.2, 0) is 14.3 Å². The van der Waals surface area contributed by atoms with E-state index in [1.165, 1.54) is 6.92 Å². The first-order valence-electron chi connectivity index (χ1n) is 4.47. The fourth-order valence-electron chi connectivity index (χ4n) is 1.67. The molecule has 0 aliphatic carbocycles. The second-order valence-electron chi connectivity index (χ2n) is 3.31. The Morgan fingerprint density at radius 2 is 2.23 bits per heavy atom. The van der Waals surface area contributed by atoms with Crippen molar-refractivity contribution in [2.24, 2.45) is 0 Å². The van der Waals surface area contributed by atoms with Crippen LogP contribution in [0.15, 0.2) is 0 Å². The third kappa shape index (κ3) is 2.28. The van der Waals surface area contributed by atoms with Crippen LogP contribution in [-0.4, -0.2) is 42.9 Å². The van der Waals surface area contributed by atoms with Gasteiger partial charge in [-0.1, -0.05) is 0 Å². The van der Waals surface area contributed by atoms with Crippen LogP contribution >= 0.6 is 0 Å². The van der Waals surface area contributed by atoms with Gasteiger partial charge in [0.15, 0.2) is 0 Å². The van der Waals surface area contributed by atoms with E-state index >= 15 is 0 Å². The molecular weight excluding hydrogens is 170 g/mol. The molecule has 0 aromatic rings. The van der Waals surface area contributed by atoms with E-state index in [1.807, 2.05) is 0 Å². The van der Waals surface area contributed by atoms with E-state index in [0.29, 0.717) is 13.2 Å². The van der Waals surface area contributed by atoms with Gasteiger partial charge in [0.05, 0.1) is 12.6 Å². The van der Waals surface area contributed by atoms with Crippen molar-refractivity contribution in [3.63, 3.8) is 0 Å². The molecule has 4 heteroatoms. The summed E-state index contributed by atoms with van der Waals surface area (Å²) in [6.07, 6.45) is 1.90. The van der Waals surface area contributed by atoms with Gasteiger partial charge in [0, 0.05) is 20.6 Å². The van der Waals surface area contributed by atoms with Gasteiger partial charge in [0.25, 0.3) is 5.91 Å². The number of amides is 1. The summed E-state index contributed by atoms with van der Waals surface area (Å²) in [6, 6.07) is 0.0985. The Hall–Kier alpha value is -0.900. The van der Waals surface area contributed by atoms with E-state index in [-0.39, 0.29) is 17.7 Å². The third-order valence-electron chi connectivity index (χ3n) is 2.30. The Labute approximate surface area is 77.8 Å². The number of ether oxygens (including phenoxy) is 1. The maximum Gasteiger partial charge on any atom is 0.289 e. The summed E-state index contributed by atoms with van der Waals surface area (Å²) in [5, 5.41) is 0. The highest BCUT2D eigenvalue weighted by atomic mass is 16.5. The van der Waals surface area contributed by atoms with Gasteiger partial charge in [-0.15, -0.1) is 0 Å². The van der Waals surface area contributed by atoms with Gasteiger partial charge in [-0.3, -0.25) is 9.59 Å². The Morgan fingerprint density at radius 3 is 2.77 bits per heavy atom. The van der Waals surface area contributed by atoms with Crippen LogP contribution in [0.25, 0.3) is 0 Å². The van der Waals surface area contributed by atoms with Gasteiger partial charge in [0.1, 0.15) is 0 Å². The zero-order valence-corrected chi connectivity index (χ0v) is 8.08. The number of nitrogens with zero attached hydrogens (tertiary/aromatic N) is 1. The van der Waals surface area contributed by atoms with Crippen LogP contribution in [0, 0.1) is 0 Å². The summed E-state index contributed by atoms with van der Waals surface area (Å²) in [5.41, 5.74) is 0. The SMILES string of the molecule is COC[C@@H]1CCCN1C(=O)C(C)=O. The Bertz CT molecular complexity index is 215. The molecule has 0 radical (unpaired) electrons. The van der Waals surface area contributed by atoms with Gasteiger partial charge < -0.3 is 9.64 Å². The van der Waals surface area contributed by atoms with Crippen molar-refractivity contribution < 1.29 is 14.3 Å². The Kier molecular flexibility index (Phi) is 3.42. The maximum atomic E-state index is 11.4. The summed E-state index contributed by atoms with van der Waals surface area (Å²) in [5.74, 6) is -0.762. The van der Waals surface area contributed by atoms with Crippen LogP contribution in [0.1, 0.15) is 19.8 Å². The molecule has 1 aliphatic rings. The monoisotopic (exact) mass is 185 g/mol. The smallest absolute Gasteiger partial charge is 0.289 e. The number of carbonyl (C=O) groups excluding carboxylic acids is 2. The fraction of sp³-hybridized carbons (Fsp3) is 0.778. The molecule has 1 rings (SSSR count). The van der Waals surface area contributed by atoms with Crippen LogP contribution in [0.2, 0.25) is 0 Å². The van der Waals surface area contributed by atoms with E-state index in [1.54, 1.807) is 12.0 Å². The normalized spacial score (nSPS) is 22.0. The second-order valence-corrected chi connectivity index (χ2v) is 3.31. The molecule has 1 amide bonds. The molecule has 0 aromatic carbocycles. The lowest BCUT2D eigenvalue weighted by atomic mass is 10.2. The van der Waals surface area contributed by atoms with Crippen molar-refractivity contribution in [3.8, 4) is 0 Å². The number of likely N-dealkylation sites (tertiary alicyclic amines) is 1. The van der Waals surface area contributed by atoms with E-state index in [9.17, 15) is 9.59 Å². The molecule has 1 heterocycles. The largest absolute Gasteiger partial charge is 0.383 e. The minimum absolute atomic E-state index is 0.0985. The molecule has 1 aliphatic heterocycles. The maximum absolute atomic E-state index is 11.4. The zero-order valence-electron chi connectivity index (χ0n) is 8.08. The molecule has 0 aromatic heterocycles. The Balaban J connectivity index is 2.57. The van der Waals surface area contributed by atoms with Crippen molar-refractivity contribution in [2.75, 3.05) is 20.3 Å². The highest BCUT2D eigenvalue weighted by Crippen LogP contribution is 2.17. The lowest BCUT2D eigenvalue weighted by molar-refractivity contribution is -0.144. The molecule has 0 saturated carbocycles. The van der Waals surface area contributed by atoms with Crippen LogP contribution in [0.4, 0.5) is 0 Å². The van der Waals surface area contributed by atoms with E-state index < -0.39 is 0 Å². The minimum atomic E-state index is -0.386. The Morgan fingerprint density at radius 1 is 1.54 bits per heavy atom. The first-order valence-corrected chi connectivity index (χ1v) is 4.47. The zero-order chi connectivity index (χ0) is 9.84. The summed E-state index contributed by atoms with van der Waals surface area (Å²) < 4.78 is 4.98. The predicted octanol–water partition coefficient (Wildman–Crippen LogP) is 0.213. The van der Waals surface area contributed by atoms with Crippen LogP contribution < -0.4 is 0 Å². The number of methoxy groups -OCH3 is 1. The average Bonchev–Trinajstić information content (AvgIpc) is 2.52. The molecule has 4 nitrogen and oxygen atoms in total. The molecule has 0 spiro atoms. The molecule has 0 bridgehead atoms. The molecule has 1 saturated heterocycles. The lowest BCUT2D eigenvalue weighted by Gasteiger charge is -2.22. The molecule has 0 unspecified atom stereocenters. The molecule has 13 heavy (non-hydrogen) atoms. The van der Waals surface area contributed by atoms with Gasteiger partial charge in [-0.2, -0.15) is 0 Å². The standard InChI is InChI=1S/C9H15NO3/c1-7(11)9(12)10-5-3-4-8(10)6-13-2/h8H,3-6H2,1-2H3/t8-/m0/s1. The van der Waals surface area contributed by atoms with Gasteiger partial charge in [-0.25, -0.2) is 0 Å². The van der Waals surface area contributed by atoms with Crippen molar-refractivity contribution in [1.29, 1.82) is 0 Å². The molecule has 0 N–H and O–H groups in total. The van der Waals surface area contributed by atoms with Crippen molar-refractivity contribution >= 4 is 11.7 Å². The summed E-state index contributed by atoms with van der Waals surface area (Å²) in [6.45, 7) is 2.52. The lowest BCUT2D eigenvalue weighted by Crippen LogP contribution is -2.41. The molecule has 1 fully saturated rings. The molecular formula is C9H15NO3. The summed E-state index contributed by atoms with van der Waals surface area (Å²) in [4.78, 5) is 23.8. The van der Waals surface area contributed by atoms with Crippen molar-refractivity contribution in [2.45, 2.75) is 25.8 Å². The van der Waals surface area contributed by atoms with E-state index in [4.69, 9.17) is 4.74 Å². The van der Waals surface area contributed by atoms with Crippen molar-refractivity contribution in [1.82, 2.24) is 4.90 Å². The first kappa shape index (κ1) is 10.2. The highest BCUT2D eigenvalue weighted by molar-refractivity contribution is 6.35. The number of hydrogen-bond donors (Lipinski definition) is 0. The van der Waals surface area contributed by atoms with Gasteiger partial charge >= 0.3 is 0 Å². The van der Waals surface area contributed by atoms with Crippen LogP contribution in [0.5, 0.6) is 0 Å². The second kappa shape index (κ2) is 4.37. The number of rotatable bonds is 3. The number of hydrogen-bond acceptors (Lipinski definition) is 3. The number of Topliss-reactive ketones (excluding diaryl/α,β-unsaturated/α-hetero) is 1. The number of carbonyl (C=O) groups is 2. The van der Waals surface area contributed by atoms with Gasteiger partial charge in [-0.05, 0) is 12.8 Å². The average molecular weight is 185 g/mol. The summed E-state index contributed by atoms with van der Waals surface area (Å²) >= 11 is 0. The quantitative estimate of drug-likeness (QED) is 0.591. The van der Waals surface area contributed by atoms with E-state index in [2.05, 4.69) is 0 Å². The molecule has 1 atom stereocenters. The topological polar surface area (TPSA) is 46.6 Å². The summed E-state index contributed by atoms with van der Waals surface area (Å²) in [7, 11) is 1.61. The van der Waals surface area contributed by atoms with E-state index in [0.717, 1.165) is 12.8 Å². The third-order valence-corrected chi connectivity index (χ3v) is 2.30. The fourth-order valence-corrected chi connectivity index (χ4v) is 1.67. The van der Waals surface area contributed by atoms with Crippen LogP contribution in [0.3, 0.4) is 0 Å². The van der Waals surface area contributed by atoms with Crippen molar-refractivity contribution in [3.05, 3.63) is 0 Å². The molecule has 74 valence electrons.